The van der Waals surface area contributed by atoms with Gasteiger partial charge >= 0.3 is 0 Å². The number of ether oxygens (including phenoxy) is 2. The Hall–Kier alpha value is -1.92. The summed E-state index contributed by atoms with van der Waals surface area (Å²) in [6.45, 7) is 7.86. The van der Waals surface area contributed by atoms with Gasteiger partial charge in [-0.15, -0.1) is 6.58 Å². The maximum atomic E-state index is 6.15. The highest BCUT2D eigenvalue weighted by Gasteiger charge is 2.53. The Bertz CT molecular complexity index is 739. The van der Waals surface area contributed by atoms with Gasteiger partial charge in [-0.1, -0.05) is 6.08 Å². The topological polar surface area (TPSA) is 75.2 Å². The van der Waals surface area contributed by atoms with Crippen molar-refractivity contribution in [2.75, 3.05) is 5.73 Å². The fourth-order valence-corrected chi connectivity index (χ4v) is 3.75. The number of nitrogen functional groups attached to an aromatic ring is 1. The van der Waals surface area contributed by atoms with Gasteiger partial charge in [0.1, 0.15) is 23.9 Å². The molecule has 0 unspecified atom stereocenters. The van der Waals surface area contributed by atoms with Gasteiger partial charge < -0.3 is 19.8 Å². The van der Waals surface area contributed by atoms with Crippen molar-refractivity contribution >= 4 is 16.9 Å². The van der Waals surface area contributed by atoms with Crippen LogP contribution in [0, 0.1) is 5.92 Å². The van der Waals surface area contributed by atoms with Crippen molar-refractivity contribution in [2.45, 2.75) is 44.3 Å². The van der Waals surface area contributed by atoms with E-state index in [-0.39, 0.29) is 24.2 Å². The average molecular weight is 300 g/mol. The zero-order valence-electron chi connectivity index (χ0n) is 12.8. The van der Waals surface area contributed by atoms with Crippen molar-refractivity contribution < 1.29 is 9.47 Å². The third-order valence-electron chi connectivity index (χ3n) is 4.68. The zero-order valence-corrected chi connectivity index (χ0v) is 12.8. The summed E-state index contributed by atoms with van der Waals surface area (Å²) in [6, 6.07) is 2.11. The average Bonchev–Trinajstić information content (AvgIpc) is 3.10. The summed E-state index contributed by atoms with van der Waals surface area (Å²) in [7, 11) is 0. The summed E-state index contributed by atoms with van der Waals surface area (Å²) in [5.41, 5.74) is 6.78. The first-order valence-electron chi connectivity index (χ1n) is 7.55. The molecule has 2 aromatic heterocycles. The molecule has 0 amide bonds. The van der Waals surface area contributed by atoms with Gasteiger partial charge in [0.25, 0.3) is 0 Å². The van der Waals surface area contributed by atoms with Gasteiger partial charge in [-0.25, -0.2) is 9.97 Å². The lowest BCUT2D eigenvalue weighted by atomic mass is 10.1. The van der Waals surface area contributed by atoms with Crippen molar-refractivity contribution in [3.8, 4) is 0 Å². The van der Waals surface area contributed by atoms with Crippen molar-refractivity contribution in [1.82, 2.24) is 14.5 Å². The minimum absolute atomic E-state index is 0.00945. The van der Waals surface area contributed by atoms with E-state index in [4.69, 9.17) is 15.2 Å². The normalized spacial score (nSPS) is 33.2. The molecule has 1 aliphatic heterocycles. The third-order valence-corrected chi connectivity index (χ3v) is 4.68. The molecule has 2 aliphatic rings. The second kappa shape index (κ2) is 4.54. The van der Waals surface area contributed by atoms with E-state index < -0.39 is 5.79 Å². The lowest BCUT2D eigenvalue weighted by Gasteiger charge is -2.24. The van der Waals surface area contributed by atoms with E-state index in [2.05, 4.69) is 21.1 Å². The Morgan fingerprint density at radius 3 is 2.91 bits per heavy atom. The first-order valence-corrected chi connectivity index (χ1v) is 7.55. The molecule has 1 saturated heterocycles. The molecule has 3 heterocycles. The SMILES string of the molecule is C=C[C@@H]1C[C@@H](n2ccc3c(N)ncnc32)[C@@H]2OC(C)(C)O[C@@H]21. The largest absolute Gasteiger partial charge is 0.383 e. The summed E-state index contributed by atoms with van der Waals surface area (Å²) in [5, 5.41) is 0.874. The van der Waals surface area contributed by atoms with E-state index in [1.165, 1.54) is 6.33 Å². The van der Waals surface area contributed by atoms with E-state index in [9.17, 15) is 0 Å². The Morgan fingerprint density at radius 2 is 2.14 bits per heavy atom. The molecule has 2 aromatic rings. The molecule has 2 N–H and O–H groups in total. The van der Waals surface area contributed by atoms with Gasteiger partial charge in [0, 0.05) is 12.1 Å². The quantitative estimate of drug-likeness (QED) is 0.861. The van der Waals surface area contributed by atoms with Crippen LogP contribution in [-0.2, 0) is 9.47 Å². The molecule has 0 aromatic carbocycles. The molecule has 1 saturated carbocycles. The lowest BCUT2D eigenvalue weighted by Crippen LogP contribution is -2.27. The van der Waals surface area contributed by atoms with Gasteiger partial charge in [-0.2, -0.15) is 0 Å². The number of hydrogen-bond donors (Lipinski definition) is 1. The smallest absolute Gasteiger partial charge is 0.163 e. The van der Waals surface area contributed by atoms with Crippen LogP contribution >= 0.6 is 0 Å². The van der Waals surface area contributed by atoms with Crippen molar-refractivity contribution in [3.63, 3.8) is 0 Å². The standard InChI is InChI=1S/C16H20N4O2/c1-4-9-7-11(13-12(9)21-16(2,3)22-13)20-6-5-10-14(17)18-8-19-15(10)20/h4-6,8-9,11-13H,1,7H2,2-3H3,(H2,17,18,19)/t9-,11-,12-,13+/m1/s1. The summed E-state index contributed by atoms with van der Waals surface area (Å²) >= 11 is 0. The first-order chi connectivity index (χ1) is 10.5. The first kappa shape index (κ1) is 13.7. The molecule has 22 heavy (non-hydrogen) atoms. The van der Waals surface area contributed by atoms with Crippen LogP contribution in [0.15, 0.2) is 31.2 Å². The van der Waals surface area contributed by atoms with Gasteiger partial charge in [0.05, 0.1) is 17.5 Å². The molecule has 2 fully saturated rings. The number of rotatable bonds is 2. The summed E-state index contributed by atoms with van der Waals surface area (Å²) in [6.07, 6.45) is 6.43. The van der Waals surface area contributed by atoms with E-state index >= 15 is 0 Å². The highest BCUT2D eigenvalue weighted by atomic mass is 16.8. The second-order valence-corrected chi connectivity index (χ2v) is 6.49. The molecule has 1 aliphatic carbocycles. The minimum Gasteiger partial charge on any atom is -0.383 e. The van der Waals surface area contributed by atoms with E-state index in [1.807, 2.05) is 32.2 Å². The fraction of sp³-hybridized carbons (Fsp3) is 0.500. The van der Waals surface area contributed by atoms with Crippen LogP contribution in [0.3, 0.4) is 0 Å². The van der Waals surface area contributed by atoms with Gasteiger partial charge in [0.15, 0.2) is 5.79 Å². The zero-order chi connectivity index (χ0) is 15.5. The Kier molecular flexibility index (Phi) is 2.83. The van der Waals surface area contributed by atoms with Crippen molar-refractivity contribution in [2.24, 2.45) is 5.92 Å². The summed E-state index contributed by atoms with van der Waals surface area (Å²) in [5.74, 6) is 0.211. The Morgan fingerprint density at radius 1 is 1.36 bits per heavy atom. The molecule has 0 radical (unpaired) electrons. The molecule has 0 spiro atoms. The number of anilines is 1. The predicted molar refractivity (Wildman–Crippen MR) is 83.1 cm³/mol. The monoisotopic (exact) mass is 300 g/mol. The van der Waals surface area contributed by atoms with Crippen LogP contribution in [-0.4, -0.2) is 32.5 Å². The molecule has 4 atom stereocenters. The van der Waals surface area contributed by atoms with E-state index in [0.29, 0.717) is 5.82 Å². The molecule has 4 rings (SSSR count). The van der Waals surface area contributed by atoms with Crippen LogP contribution in [0.1, 0.15) is 26.3 Å². The molecule has 6 nitrogen and oxygen atoms in total. The maximum absolute atomic E-state index is 6.15. The molecular formula is C16H20N4O2. The van der Waals surface area contributed by atoms with Crippen molar-refractivity contribution in [3.05, 3.63) is 31.2 Å². The van der Waals surface area contributed by atoms with Gasteiger partial charge in [0.2, 0.25) is 0 Å². The minimum atomic E-state index is -0.563. The summed E-state index contributed by atoms with van der Waals surface area (Å²) < 4.78 is 14.4. The second-order valence-electron chi connectivity index (χ2n) is 6.49. The van der Waals surface area contributed by atoms with Crippen LogP contribution < -0.4 is 5.73 Å². The van der Waals surface area contributed by atoms with Gasteiger partial charge in [-0.05, 0) is 26.3 Å². The predicted octanol–water partition coefficient (Wildman–Crippen LogP) is 2.28. The number of hydrogen-bond acceptors (Lipinski definition) is 5. The number of nitrogens with zero attached hydrogens (tertiary/aromatic N) is 3. The molecular weight excluding hydrogens is 280 g/mol. The lowest BCUT2D eigenvalue weighted by molar-refractivity contribution is -0.158. The molecule has 6 heteroatoms. The van der Waals surface area contributed by atoms with Gasteiger partial charge in [-0.3, -0.25) is 0 Å². The fourth-order valence-electron chi connectivity index (χ4n) is 3.75. The van der Waals surface area contributed by atoms with E-state index in [0.717, 1.165) is 17.5 Å². The number of nitrogens with two attached hydrogens (primary N) is 1. The maximum Gasteiger partial charge on any atom is 0.163 e. The molecule has 116 valence electrons. The Labute approximate surface area is 128 Å². The summed E-state index contributed by atoms with van der Waals surface area (Å²) in [4.78, 5) is 8.45. The van der Waals surface area contributed by atoms with Crippen LogP contribution in [0.2, 0.25) is 0 Å². The van der Waals surface area contributed by atoms with Crippen LogP contribution in [0.25, 0.3) is 11.0 Å². The number of aromatic nitrogens is 3. The third kappa shape index (κ3) is 1.87. The Balaban J connectivity index is 1.78. The van der Waals surface area contributed by atoms with Crippen molar-refractivity contribution in [1.29, 1.82) is 0 Å². The molecule has 0 bridgehead atoms. The van der Waals surface area contributed by atoms with Crippen LogP contribution in [0.5, 0.6) is 0 Å². The van der Waals surface area contributed by atoms with Crippen LogP contribution in [0.4, 0.5) is 5.82 Å². The number of fused-ring (bicyclic) bond motifs is 2. The van der Waals surface area contributed by atoms with E-state index in [1.54, 1.807) is 0 Å². The highest BCUT2D eigenvalue weighted by Crippen LogP contribution is 2.48. The highest BCUT2D eigenvalue weighted by molar-refractivity contribution is 5.86.